The number of halogens is 1. The summed E-state index contributed by atoms with van der Waals surface area (Å²) in [6.45, 7) is 3.61. The third-order valence-corrected chi connectivity index (χ3v) is 5.57. The average molecular weight is 348 g/mol. The summed E-state index contributed by atoms with van der Waals surface area (Å²) in [5.41, 5.74) is -0.126. The lowest BCUT2D eigenvalue weighted by molar-refractivity contribution is 0.0261. The second-order valence-electron chi connectivity index (χ2n) is 5.40. The van der Waals surface area contributed by atoms with E-state index in [1.54, 1.807) is 0 Å². The van der Waals surface area contributed by atoms with Crippen LogP contribution in [0.25, 0.3) is 0 Å². The highest BCUT2D eigenvalue weighted by molar-refractivity contribution is 7.89. The maximum atomic E-state index is 12.3. The van der Waals surface area contributed by atoms with Gasteiger partial charge in [-0.25, -0.2) is 17.9 Å². The van der Waals surface area contributed by atoms with Gasteiger partial charge in [0.2, 0.25) is 10.0 Å². The van der Waals surface area contributed by atoms with Crippen LogP contribution in [0.5, 0.6) is 0 Å². The minimum Gasteiger partial charge on any atom is -0.478 e. The van der Waals surface area contributed by atoms with Gasteiger partial charge in [-0.3, -0.25) is 0 Å². The molecule has 2 N–H and O–H groups in total. The minimum absolute atomic E-state index is 0.0396. The van der Waals surface area contributed by atoms with E-state index in [9.17, 15) is 13.2 Å². The molecule has 1 aromatic rings. The summed E-state index contributed by atoms with van der Waals surface area (Å²) < 4.78 is 32.4. The molecular weight excluding hydrogens is 330 g/mol. The van der Waals surface area contributed by atoms with Crippen molar-refractivity contribution in [1.29, 1.82) is 0 Å². The van der Waals surface area contributed by atoms with Crippen molar-refractivity contribution in [2.45, 2.75) is 18.2 Å². The molecule has 1 heterocycles. The van der Waals surface area contributed by atoms with E-state index in [4.69, 9.17) is 21.4 Å². The van der Waals surface area contributed by atoms with Gasteiger partial charge in [-0.1, -0.05) is 18.5 Å². The third-order valence-electron chi connectivity index (χ3n) is 3.84. The summed E-state index contributed by atoms with van der Waals surface area (Å²) in [5.74, 6) is -0.690. The zero-order valence-corrected chi connectivity index (χ0v) is 13.7. The van der Waals surface area contributed by atoms with Crippen molar-refractivity contribution in [3.63, 3.8) is 0 Å². The zero-order valence-electron chi connectivity index (χ0n) is 12.1. The largest absolute Gasteiger partial charge is 0.478 e. The molecule has 2 atom stereocenters. The summed E-state index contributed by atoms with van der Waals surface area (Å²) in [5, 5.41) is 8.80. The summed E-state index contributed by atoms with van der Waals surface area (Å²) >= 11 is 5.81. The third kappa shape index (κ3) is 3.98. The first-order chi connectivity index (χ1) is 10.3. The van der Waals surface area contributed by atoms with Gasteiger partial charge in [0.1, 0.15) is 0 Å². The number of carboxylic acids is 1. The number of carbonyl (C=O) groups is 1. The van der Waals surface area contributed by atoms with Gasteiger partial charge in [0.25, 0.3) is 0 Å². The number of nitrogens with one attached hydrogen (secondary N) is 1. The number of rotatable bonds is 5. The Labute approximate surface area is 134 Å². The fraction of sp³-hybridized carbons (Fsp3) is 0.500. The molecule has 6 nitrogen and oxygen atoms in total. The van der Waals surface area contributed by atoms with E-state index in [1.165, 1.54) is 12.1 Å². The quantitative estimate of drug-likeness (QED) is 0.849. The Morgan fingerprint density at radius 2 is 2.23 bits per heavy atom. The highest BCUT2D eigenvalue weighted by Crippen LogP contribution is 2.23. The average Bonchev–Trinajstić information content (AvgIpc) is 2.46. The summed E-state index contributed by atoms with van der Waals surface area (Å²) in [6.07, 6.45) is 0.808. The molecule has 8 heteroatoms. The topological polar surface area (TPSA) is 92.7 Å². The molecule has 0 spiro atoms. The van der Waals surface area contributed by atoms with Crippen molar-refractivity contribution in [3.05, 3.63) is 28.8 Å². The Kier molecular flexibility index (Phi) is 5.44. The van der Waals surface area contributed by atoms with Crippen molar-refractivity contribution >= 4 is 27.6 Å². The molecule has 1 fully saturated rings. The van der Waals surface area contributed by atoms with Crippen molar-refractivity contribution in [2.24, 2.45) is 11.8 Å². The van der Waals surface area contributed by atoms with E-state index in [0.717, 1.165) is 12.5 Å². The number of hydrogen-bond donors (Lipinski definition) is 2. The van der Waals surface area contributed by atoms with E-state index in [-0.39, 0.29) is 27.3 Å². The molecule has 0 aliphatic carbocycles. The first kappa shape index (κ1) is 17.2. The predicted molar refractivity (Wildman–Crippen MR) is 81.7 cm³/mol. The fourth-order valence-electron chi connectivity index (χ4n) is 2.36. The number of hydrogen-bond acceptors (Lipinski definition) is 4. The molecule has 0 saturated carbocycles. The second-order valence-corrected chi connectivity index (χ2v) is 7.57. The SMILES string of the molecule is CC1COCCC1CNS(=O)(=O)c1ccc(C(=O)O)c(Cl)c1. The maximum absolute atomic E-state index is 12.3. The van der Waals surface area contributed by atoms with Gasteiger partial charge in [0.15, 0.2) is 0 Å². The highest BCUT2D eigenvalue weighted by Gasteiger charge is 2.24. The van der Waals surface area contributed by atoms with Crippen LogP contribution in [0, 0.1) is 11.8 Å². The van der Waals surface area contributed by atoms with Gasteiger partial charge in [-0.15, -0.1) is 0 Å². The molecule has 0 amide bonds. The predicted octanol–water partition coefficient (Wildman–Crippen LogP) is 1.99. The molecule has 0 radical (unpaired) electrons. The van der Waals surface area contributed by atoms with Crippen LogP contribution in [-0.2, 0) is 14.8 Å². The molecule has 1 aliphatic heterocycles. The molecular formula is C14H18ClNO5S. The van der Waals surface area contributed by atoms with Crippen molar-refractivity contribution in [1.82, 2.24) is 4.72 Å². The van der Waals surface area contributed by atoms with Gasteiger partial charge < -0.3 is 9.84 Å². The molecule has 1 aromatic carbocycles. The number of sulfonamides is 1. The van der Waals surface area contributed by atoms with Gasteiger partial charge in [-0.05, 0) is 36.5 Å². The normalized spacial score (nSPS) is 22.5. The van der Waals surface area contributed by atoms with Crippen LogP contribution in [0.15, 0.2) is 23.1 Å². The lowest BCUT2D eigenvalue weighted by Gasteiger charge is -2.28. The first-order valence-corrected chi connectivity index (χ1v) is 8.77. The molecule has 0 aromatic heterocycles. The Bertz CT molecular complexity index is 661. The van der Waals surface area contributed by atoms with Gasteiger partial charge in [-0.2, -0.15) is 0 Å². The Morgan fingerprint density at radius 3 is 2.82 bits per heavy atom. The van der Waals surface area contributed by atoms with Gasteiger partial charge in [0, 0.05) is 19.8 Å². The molecule has 1 saturated heterocycles. The van der Waals surface area contributed by atoms with E-state index >= 15 is 0 Å². The number of ether oxygens (including phenoxy) is 1. The van der Waals surface area contributed by atoms with E-state index in [0.29, 0.717) is 19.8 Å². The number of aromatic carboxylic acids is 1. The van der Waals surface area contributed by atoms with Crippen molar-refractivity contribution in [3.8, 4) is 0 Å². The van der Waals surface area contributed by atoms with Crippen LogP contribution in [0.1, 0.15) is 23.7 Å². The molecule has 2 unspecified atom stereocenters. The first-order valence-electron chi connectivity index (χ1n) is 6.91. The van der Waals surface area contributed by atoms with Crippen LogP contribution in [0.4, 0.5) is 0 Å². The smallest absolute Gasteiger partial charge is 0.337 e. The van der Waals surface area contributed by atoms with E-state index in [2.05, 4.69) is 4.72 Å². The molecule has 122 valence electrons. The maximum Gasteiger partial charge on any atom is 0.337 e. The van der Waals surface area contributed by atoms with E-state index < -0.39 is 16.0 Å². The van der Waals surface area contributed by atoms with Crippen LogP contribution < -0.4 is 4.72 Å². The Hall–Kier alpha value is -1.15. The molecule has 22 heavy (non-hydrogen) atoms. The lowest BCUT2D eigenvalue weighted by atomic mass is 9.90. The Balaban J connectivity index is 2.10. The fourth-order valence-corrected chi connectivity index (χ4v) is 3.81. The minimum atomic E-state index is -3.72. The highest BCUT2D eigenvalue weighted by atomic mass is 35.5. The summed E-state index contributed by atoms with van der Waals surface area (Å²) in [7, 11) is -3.72. The van der Waals surface area contributed by atoms with Gasteiger partial charge in [0.05, 0.1) is 15.5 Å². The Morgan fingerprint density at radius 1 is 1.50 bits per heavy atom. The van der Waals surface area contributed by atoms with Crippen molar-refractivity contribution in [2.75, 3.05) is 19.8 Å². The number of carboxylic acid groups (broad SMARTS) is 1. The molecule has 2 rings (SSSR count). The molecule has 0 bridgehead atoms. The standard InChI is InChI=1S/C14H18ClNO5S/c1-9-8-21-5-4-10(9)7-16-22(19,20)11-2-3-12(14(17)18)13(15)6-11/h2-3,6,9-10,16H,4-5,7-8H2,1H3,(H,17,18). The monoisotopic (exact) mass is 347 g/mol. The van der Waals surface area contributed by atoms with Crippen molar-refractivity contribution < 1.29 is 23.1 Å². The molecule has 1 aliphatic rings. The van der Waals surface area contributed by atoms with Crippen LogP contribution in [0.3, 0.4) is 0 Å². The second kappa shape index (κ2) is 6.95. The summed E-state index contributed by atoms with van der Waals surface area (Å²) in [4.78, 5) is 10.9. The zero-order chi connectivity index (χ0) is 16.3. The number of benzene rings is 1. The van der Waals surface area contributed by atoms with Gasteiger partial charge >= 0.3 is 5.97 Å². The van der Waals surface area contributed by atoms with Crippen LogP contribution in [0.2, 0.25) is 5.02 Å². The van der Waals surface area contributed by atoms with Crippen LogP contribution >= 0.6 is 11.6 Å². The lowest BCUT2D eigenvalue weighted by Crippen LogP contribution is -2.36. The summed E-state index contributed by atoms with van der Waals surface area (Å²) in [6, 6.07) is 3.59. The van der Waals surface area contributed by atoms with Crippen LogP contribution in [-0.4, -0.2) is 39.3 Å². The van der Waals surface area contributed by atoms with E-state index in [1.807, 2.05) is 6.92 Å².